The zero-order valence-corrected chi connectivity index (χ0v) is 13.0. The van der Waals surface area contributed by atoms with Crippen molar-refractivity contribution in [1.29, 1.82) is 0 Å². The van der Waals surface area contributed by atoms with Crippen LogP contribution in [0.2, 0.25) is 0 Å². The van der Waals surface area contributed by atoms with Gasteiger partial charge < -0.3 is 4.74 Å². The lowest BCUT2D eigenvalue weighted by molar-refractivity contribution is 0.341. The second-order valence-electron chi connectivity index (χ2n) is 4.50. The number of hydrogen-bond donors (Lipinski definition) is 1. The molecule has 0 bridgehead atoms. The first kappa shape index (κ1) is 14.6. The molecule has 2 aromatic heterocycles. The number of nitrogens with zero attached hydrogens (tertiary/aromatic N) is 3. The third-order valence-electron chi connectivity index (χ3n) is 2.98. The quantitative estimate of drug-likeness (QED) is 0.705. The van der Waals surface area contributed by atoms with Gasteiger partial charge in [0.2, 0.25) is 0 Å². The van der Waals surface area contributed by atoms with Gasteiger partial charge in [0.25, 0.3) is 0 Å². The highest BCUT2D eigenvalue weighted by atomic mass is 32.2. The molecule has 0 aliphatic heterocycles. The van der Waals surface area contributed by atoms with Gasteiger partial charge in [-0.05, 0) is 31.2 Å². The Kier molecular flexibility index (Phi) is 4.70. The van der Waals surface area contributed by atoms with Gasteiger partial charge in [0.1, 0.15) is 5.75 Å². The highest BCUT2D eigenvalue weighted by molar-refractivity contribution is 7.98. The maximum absolute atomic E-state index is 5.62. The van der Waals surface area contributed by atoms with E-state index < -0.39 is 0 Å². The van der Waals surface area contributed by atoms with E-state index in [1.54, 1.807) is 18.0 Å². The Labute approximate surface area is 133 Å². The Morgan fingerprint density at radius 1 is 1.14 bits per heavy atom. The van der Waals surface area contributed by atoms with Crippen molar-refractivity contribution in [3.63, 3.8) is 0 Å². The van der Waals surface area contributed by atoms with E-state index in [9.17, 15) is 0 Å². The van der Waals surface area contributed by atoms with E-state index in [4.69, 9.17) is 4.74 Å². The molecule has 0 aliphatic carbocycles. The number of H-pyrrole nitrogens is 1. The molecule has 0 fully saturated rings. The minimum Gasteiger partial charge on any atom is -0.493 e. The summed E-state index contributed by atoms with van der Waals surface area (Å²) in [6, 6.07) is 13.7. The summed E-state index contributed by atoms with van der Waals surface area (Å²) in [6.07, 6.45) is 1.79. The molecular formula is C16H16N4OS. The molecule has 0 amide bonds. The number of aromatic amines is 1. The van der Waals surface area contributed by atoms with E-state index in [0.717, 1.165) is 27.9 Å². The number of para-hydroxylation sites is 1. The van der Waals surface area contributed by atoms with Crippen LogP contribution in [-0.2, 0) is 5.75 Å². The fraction of sp³-hybridized carbons (Fsp3) is 0.188. The molecule has 0 atom stereocenters. The third-order valence-corrected chi connectivity index (χ3v) is 3.87. The predicted molar refractivity (Wildman–Crippen MR) is 86.8 cm³/mol. The number of aromatic nitrogens is 4. The summed E-state index contributed by atoms with van der Waals surface area (Å²) in [6.45, 7) is 2.58. The molecule has 0 saturated heterocycles. The Balaban J connectivity index is 1.74. The highest BCUT2D eigenvalue weighted by Crippen LogP contribution is 2.28. The monoisotopic (exact) mass is 312 g/mol. The van der Waals surface area contributed by atoms with Crippen molar-refractivity contribution < 1.29 is 4.74 Å². The van der Waals surface area contributed by atoms with Gasteiger partial charge in [-0.25, -0.2) is 4.98 Å². The topological polar surface area (TPSA) is 63.7 Å². The molecule has 1 aromatic carbocycles. The summed E-state index contributed by atoms with van der Waals surface area (Å²) in [4.78, 5) is 8.82. The predicted octanol–water partition coefficient (Wildman–Crippen LogP) is 3.56. The number of thioether (sulfide) groups is 1. The minimum absolute atomic E-state index is 0.614. The van der Waals surface area contributed by atoms with Gasteiger partial charge in [0.15, 0.2) is 11.0 Å². The molecule has 0 radical (unpaired) electrons. The molecule has 0 spiro atoms. The van der Waals surface area contributed by atoms with E-state index in [1.807, 2.05) is 49.4 Å². The van der Waals surface area contributed by atoms with E-state index in [-0.39, 0.29) is 0 Å². The maximum atomic E-state index is 5.62. The Bertz CT molecular complexity index is 730. The SMILES string of the molecule is CCOc1ccccc1-c1n[nH]c(SCc2ccccn2)n1. The van der Waals surface area contributed by atoms with Crippen LogP contribution in [0.25, 0.3) is 11.4 Å². The van der Waals surface area contributed by atoms with Crippen molar-refractivity contribution in [3.05, 3.63) is 54.4 Å². The average Bonchev–Trinajstić information content (AvgIpc) is 3.04. The van der Waals surface area contributed by atoms with Crippen molar-refractivity contribution in [3.8, 4) is 17.1 Å². The number of rotatable bonds is 6. The van der Waals surface area contributed by atoms with Crippen LogP contribution in [0.3, 0.4) is 0 Å². The van der Waals surface area contributed by atoms with E-state index in [2.05, 4.69) is 20.2 Å². The number of ether oxygens (including phenoxy) is 1. The van der Waals surface area contributed by atoms with Gasteiger partial charge in [-0.3, -0.25) is 10.1 Å². The summed E-state index contributed by atoms with van der Waals surface area (Å²) >= 11 is 1.58. The lowest BCUT2D eigenvalue weighted by atomic mass is 10.2. The molecule has 0 unspecified atom stereocenters. The van der Waals surface area contributed by atoms with Crippen molar-refractivity contribution >= 4 is 11.8 Å². The minimum atomic E-state index is 0.614. The molecule has 0 aliphatic rings. The van der Waals surface area contributed by atoms with Crippen LogP contribution in [0.1, 0.15) is 12.6 Å². The van der Waals surface area contributed by atoms with Crippen LogP contribution in [0.5, 0.6) is 5.75 Å². The maximum Gasteiger partial charge on any atom is 0.185 e. The summed E-state index contributed by atoms with van der Waals surface area (Å²) in [7, 11) is 0. The molecule has 0 saturated carbocycles. The number of hydrogen-bond acceptors (Lipinski definition) is 5. The van der Waals surface area contributed by atoms with Crippen LogP contribution in [0, 0.1) is 0 Å². The van der Waals surface area contributed by atoms with E-state index in [1.165, 1.54) is 0 Å². The first-order chi connectivity index (χ1) is 10.9. The van der Waals surface area contributed by atoms with Crippen molar-refractivity contribution in [2.75, 3.05) is 6.61 Å². The zero-order valence-electron chi connectivity index (χ0n) is 12.2. The van der Waals surface area contributed by atoms with Crippen molar-refractivity contribution in [2.45, 2.75) is 17.8 Å². The number of pyridine rings is 1. The standard InChI is InChI=1S/C16H16N4OS/c1-2-21-14-9-4-3-8-13(14)15-18-16(20-19-15)22-11-12-7-5-6-10-17-12/h3-10H,2,11H2,1H3,(H,18,19,20). The lowest BCUT2D eigenvalue weighted by Crippen LogP contribution is -1.94. The average molecular weight is 312 g/mol. The van der Waals surface area contributed by atoms with E-state index in [0.29, 0.717) is 12.4 Å². The molecule has 2 heterocycles. The lowest BCUT2D eigenvalue weighted by Gasteiger charge is -2.06. The molecule has 22 heavy (non-hydrogen) atoms. The van der Waals surface area contributed by atoms with Gasteiger partial charge in [-0.2, -0.15) is 5.10 Å². The summed E-state index contributed by atoms with van der Waals surface area (Å²) < 4.78 is 5.62. The number of benzene rings is 1. The van der Waals surface area contributed by atoms with Gasteiger partial charge in [-0.1, -0.05) is 30.0 Å². The van der Waals surface area contributed by atoms with Crippen LogP contribution in [-0.4, -0.2) is 26.8 Å². The smallest absolute Gasteiger partial charge is 0.185 e. The molecule has 5 nitrogen and oxygen atoms in total. The summed E-state index contributed by atoms with van der Waals surface area (Å²) in [5.41, 5.74) is 1.91. The van der Waals surface area contributed by atoms with Gasteiger partial charge in [0.05, 0.1) is 17.9 Å². The normalized spacial score (nSPS) is 10.6. The second kappa shape index (κ2) is 7.09. The number of nitrogens with one attached hydrogen (secondary N) is 1. The molecular weight excluding hydrogens is 296 g/mol. The van der Waals surface area contributed by atoms with Gasteiger partial charge in [0, 0.05) is 11.9 Å². The highest BCUT2D eigenvalue weighted by Gasteiger charge is 2.11. The van der Waals surface area contributed by atoms with Crippen LogP contribution in [0.4, 0.5) is 0 Å². The largest absolute Gasteiger partial charge is 0.493 e. The summed E-state index contributed by atoms with van der Waals surface area (Å²) in [5, 5.41) is 8.02. The molecule has 3 rings (SSSR count). The molecule has 1 N–H and O–H groups in total. The third kappa shape index (κ3) is 3.46. The first-order valence-electron chi connectivity index (χ1n) is 7.04. The Morgan fingerprint density at radius 3 is 2.82 bits per heavy atom. The zero-order chi connectivity index (χ0) is 15.2. The van der Waals surface area contributed by atoms with Gasteiger partial charge >= 0.3 is 0 Å². The Morgan fingerprint density at radius 2 is 2.00 bits per heavy atom. The molecule has 6 heteroatoms. The summed E-state index contributed by atoms with van der Waals surface area (Å²) in [5.74, 6) is 2.20. The second-order valence-corrected chi connectivity index (χ2v) is 5.47. The fourth-order valence-corrected chi connectivity index (χ4v) is 2.71. The van der Waals surface area contributed by atoms with Crippen LogP contribution >= 0.6 is 11.8 Å². The molecule has 3 aromatic rings. The van der Waals surface area contributed by atoms with Gasteiger partial charge in [-0.15, -0.1) is 0 Å². The van der Waals surface area contributed by atoms with E-state index >= 15 is 0 Å². The fourth-order valence-electron chi connectivity index (χ4n) is 1.99. The van der Waals surface area contributed by atoms with Crippen LogP contribution < -0.4 is 4.74 Å². The first-order valence-corrected chi connectivity index (χ1v) is 8.02. The Hall–Kier alpha value is -2.34. The van der Waals surface area contributed by atoms with Crippen molar-refractivity contribution in [2.24, 2.45) is 0 Å². The molecule has 112 valence electrons. The van der Waals surface area contributed by atoms with Crippen LogP contribution in [0.15, 0.2) is 53.8 Å². The van der Waals surface area contributed by atoms with Crippen molar-refractivity contribution in [1.82, 2.24) is 20.2 Å².